The third-order valence-electron chi connectivity index (χ3n) is 2.53. The van der Waals surface area contributed by atoms with E-state index < -0.39 is 0 Å². The number of hydrogen-bond donors (Lipinski definition) is 2. The van der Waals surface area contributed by atoms with Crippen molar-refractivity contribution in [3.8, 4) is 0 Å². The molecule has 2 aromatic rings. The first-order chi connectivity index (χ1) is 8.56. The zero-order chi connectivity index (χ0) is 13.1. The van der Waals surface area contributed by atoms with E-state index in [0.29, 0.717) is 22.1 Å². The number of hydrogen-bond acceptors (Lipinski definition) is 3. The van der Waals surface area contributed by atoms with Gasteiger partial charge in [0.25, 0.3) is 5.91 Å². The second-order valence-corrected chi connectivity index (χ2v) is 4.28. The standard InChI is InChI=1S/C13H12ClN3O/c1-8-2-3-9(6-11(8)15)13(18)17-10-4-5-16-12(14)7-10/h2-7H,15H2,1H3,(H,16,17,18). The van der Waals surface area contributed by atoms with Crippen molar-refractivity contribution in [2.75, 3.05) is 11.1 Å². The van der Waals surface area contributed by atoms with Crippen LogP contribution < -0.4 is 11.1 Å². The van der Waals surface area contributed by atoms with Crippen LogP contribution in [0.15, 0.2) is 36.5 Å². The summed E-state index contributed by atoms with van der Waals surface area (Å²) in [5.41, 5.74) is 8.40. The van der Waals surface area contributed by atoms with Crippen LogP contribution in [-0.4, -0.2) is 10.9 Å². The van der Waals surface area contributed by atoms with Gasteiger partial charge in [-0.3, -0.25) is 4.79 Å². The Bertz CT molecular complexity index is 599. The molecule has 2 rings (SSSR count). The Morgan fingerprint density at radius 1 is 1.33 bits per heavy atom. The Labute approximate surface area is 110 Å². The van der Waals surface area contributed by atoms with Gasteiger partial charge in [-0.25, -0.2) is 4.98 Å². The molecule has 1 aromatic heterocycles. The van der Waals surface area contributed by atoms with E-state index in [-0.39, 0.29) is 5.91 Å². The van der Waals surface area contributed by atoms with Gasteiger partial charge < -0.3 is 11.1 Å². The van der Waals surface area contributed by atoms with Crippen LogP contribution in [-0.2, 0) is 0 Å². The Hall–Kier alpha value is -2.07. The maximum Gasteiger partial charge on any atom is 0.255 e. The quantitative estimate of drug-likeness (QED) is 0.645. The molecule has 0 aliphatic carbocycles. The van der Waals surface area contributed by atoms with E-state index in [9.17, 15) is 4.79 Å². The summed E-state index contributed by atoms with van der Waals surface area (Å²) in [6.45, 7) is 1.89. The van der Waals surface area contributed by atoms with Crippen LogP contribution in [0.25, 0.3) is 0 Å². The van der Waals surface area contributed by atoms with Gasteiger partial charge >= 0.3 is 0 Å². The minimum Gasteiger partial charge on any atom is -0.398 e. The van der Waals surface area contributed by atoms with Gasteiger partial charge in [0.05, 0.1) is 0 Å². The number of benzene rings is 1. The summed E-state index contributed by atoms with van der Waals surface area (Å²) in [7, 11) is 0. The number of amides is 1. The lowest BCUT2D eigenvalue weighted by molar-refractivity contribution is 0.102. The molecule has 5 heteroatoms. The Kier molecular flexibility index (Phi) is 3.48. The first kappa shape index (κ1) is 12.4. The minimum atomic E-state index is -0.232. The number of aromatic nitrogens is 1. The fraction of sp³-hybridized carbons (Fsp3) is 0.0769. The monoisotopic (exact) mass is 261 g/mol. The van der Waals surface area contributed by atoms with Gasteiger partial charge in [-0.05, 0) is 36.8 Å². The Morgan fingerprint density at radius 3 is 2.78 bits per heavy atom. The molecule has 0 atom stereocenters. The van der Waals surface area contributed by atoms with E-state index in [2.05, 4.69) is 10.3 Å². The van der Waals surface area contributed by atoms with Crippen molar-refractivity contribution in [3.05, 3.63) is 52.8 Å². The van der Waals surface area contributed by atoms with Crippen molar-refractivity contribution in [3.63, 3.8) is 0 Å². The number of halogens is 1. The largest absolute Gasteiger partial charge is 0.398 e. The number of carbonyl (C=O) groups is 1. The van der Waals surface area contributed by atoms with Gasteiger partial charge in [0.2, 0.25) is 0 Å². The van der Waals surface area contributed by atoms with Gasteiger partial charge in [-0.2, -0.15) is 0 Å². The summed E-state index contributed by atoms with van der Waals surface area (Å²) in [5.74, 6) is -0.232. The highest BCUT2D eigenvalue weighted by atomic mass is 35.5. The van der Waals surface area contributed by atoms with E-state index >= 15 is 0 Å². The molecular formula is C13H12ClN3O. The molecule has 0 saturated carbocycles. The van der Waals surface area contributed by atoms with Crippen molar-refractivity contribution < 1.29 is 4.79 Å². The topological polar surface area (TPSA) is 68.0 Å². The maximum atomic E-state index is 12.0. The van der Waals surface area contributed by atoms with Crippen molar-refractivity contribution in [1.82, 2.24) is 4.98 Å². The number of nitrogens with zero attached hydrogens (tertiary/aromatic N) is 1. The molecular weight excluding hydrogens is 250 g/mol. The van der Waals surface area contributed by atoms with Crippen LogP contribution in [0.4, 0.5) is 11.4 Å². The minimum absolute atomic E-state index is 0.232. The molecule has 18 heavy (non-hydrogen) atoms. The predicted molar refractivity (Wildman–Crippen MR) is 72.8 cm³/mol. The molecule has 0 spiro atoms. The SMILES string of the molecule is Cc1ccc(C(=O)Nc2ccnc(Cl)c2)cc1N. The van der Waals surface area contributed by atoms with Crippen molar-refractivity contribution in [2.24, 2.45) is 0 Å². The van der Waals surface area contributed by atoms with E-state index in [4.69, 9.17) is 17.3 Å². The number of aryl methyl sites for hydroxylation is 1. The highest BCUT2D eigenvalue weighted by molar-refractivity contribution is 6.29. The van der Waals surface area contributed by atoms with Crippen molar-refractivity contribution in [2.45, 2.75) is 6.92 Å². The molecule has 1 amide bonds. The molecule has 0 saturated heterocycles. The lowest BCUT2D eigenvalue weighted by atomic mass is 10.1. The molecule has 3 N–H and O–H groups in total. The van der Waals surface area contributed by atoms with Gasteiger partial charge in [-0.1, -0.05) is 17.7 Å². The van der Waals surface area contributed by atoms with Gasteiger partial charge in [0.1, 0.15) is 5.15 Å². The zero-order valence-electron chi connectivity index (χ0n) is 9.77. The first-order valence-corrected chi connectivity index (χ1v) is 5.73. The normalized spacial score (nSPS) is 10.1. The molecule has 0 fully saturated rings. The lowest BCUT2D eigenvalue weighted by Crippen LogP contribution is -2.12. The van der Waals surface area contributed by atoms with Gasteiger partial charge in [0, 0.05) is 23.1 Å². The van der Waals surface area contributed by atoms with Crippen molar-refractivity contribution in [1.29, 1.82) is 0 Å². The molecule has 0 unspecified atom stereocenters. The highest BCUT2D eigenvalue weighted by Crippen LogP contribution is 2.16. The van der Waals surface area contributed by atoms with Crippen LogP contribution in [0.2, 0.25) is 5.15 Å². The lowest BCUT2D eigenvalue weighted by Gasteiger charge is -2.07. The zero-order valence-corrected chi connectivity index (χ0v) is 10.5. The van der Waals surface area contributed by atoms with E-state index in [1.807, 2.05) is 13.0 Å². The number of anilines is 2. The fourth-order valence-electron chi connectivity index (χ4n) is 1.47. The van der Waals surface area contributed by atoms with E-state index in [1.54, 1.807) is 24.3 Å². The first-order valence-electron chi connectivity index (χ1n) is 5.35. The van der Waals surface area contributed by atoms with Crippen LogP contribution in [0.1, 0.15) is 15.9 Å². The van der Waals surface area contributed by atoms with Crippen LogP contribution in [0.5, 0.6) is 0 Å². The average molecular weight is 262 g/mol. The third kappa shape index (κ3) is 2.78. The van der Waals surface area contributed by atoms with Crippen LogP contribution in [0, 0.1) is 6.92 Å². The number of rotatable bonds is 2. The number of nitrogens with one attached hydrogen (secondary N) is 1. The molecule has 1 heterocycles. The molecule has 1 aromatic carbocycles. The van der Waals surface area contributed by atoms with Crippen LogP contribution >= 0.6 is 11.6 Å². The molecule has 0 radical (unpaired) electrons. The Balaban J connectivity index is 2.19. The second kappa shape index (κ2) is 5.06. The number of nitrogen functional groups attached to an aromatic ring is 1. The second-order valence-electron chi connectivity index (χ2n) is 3.89. The van der Waals surface area contributed by atoms with E-state index in [1.165, 1.54) is 6.20 Å². The van der Waals surface area contributed by atoms with Crippen molar-refractivity contribution >= 4 is 28.9 Å². The molecule has 0 aliphatic heterocycles. The molecule has 0 aliphatic rings. The van der Waals surface area contributed by atoms with E-state index in [0.717, 1.165) is 5.56 Å². The molecule has 0 bridgehead atoms. The number of pyridine rings is 1. The average Bonchev–Trinajstić information content (AvgIpc) is 2.32. The smallest absolute Gasteiger partial charge is 0.255 e. The number of nitrogens with two attached hydrogens (primary N) is 1. The predicted octanol–water partition coefficient (Wildman–Crippen LogP) is 2.88. The summed E-state index contributed by atoms with van der Waals surface area (Å²) in [6, 6.07) is 8.43. The summed E-state index contributed by atoms with van der Waals surface area (Å²) in [5, 5.41) is 3.06. The molecule has 4 nitrogen and oxygen atoms in total. The Morgan fingerprint density at radius 2 is 2.11 bits per heavy atom. The summed E-state index contributed by atoms with van der Waals surface area (Å²) in [4.78, 5) is 15.8. The number of carbonyl (C=O) groups excluding carboxylic acids is 1. The fourth-order valence-corrected chi connectivity index (χ4v) is 1.64. The third-order valence-corrected chi connectivity index (χ3v) is 2.73. The van der Waals surface area contributed by atoms with Gasteiger partial charge in [0.15, 0.2) is 0 Å². The van der Waals surface area contributed by atoms with Gasteiger partial charge in [-0.15, -0.1) is 0 Å². The summed E-state index contributed by atoms with van der Waals surface area (Å²) < 4.78 is 0. The van der Waals surface area contributed by atoms with Crippen LogP contribution in [0.3, 0.4) is 0 Å². The summed E-state index contributed by atoms with van der Waals surface area (Å²) >= 11 is 5.74. The molecule has 92 valence electrons. The highest BCUT2D eigenvalue weighted by Gasteiger charge is 2.07. The summed E-state index contributed by atoms with van der Waals surface area (Å²) in [6.07, 6.45) is 1.53. The maximum absolute atomic E-state index is 12.0.